The maximum absolute atomic E-state index is 6.19. The Kier molecular flexibility index (Phi) is 2.98. The molecule has 3 heterocycles. The van der Waals surface area contributed by atoms with Gasteiger partial charge in [-0.15, -0.1) is 0 Å². The number of aryl methyl sites for hydroxylation is 1. The van der Waals surface area contributed by atoms with Crippen LogP contribution in [0.15, 0.2) is 18.3 Å². The molecule has 0 amide bonds. The number of fused-ring (bicyclic) bond motifs is 3. The van der Waals surface area contributed by atoms with E-state index in [1.165, 1.54) is 0 Å². The molecule has 6 heteroatoms. The van der Waals surface area contributed by atoms with Crippen molar-refractivity contribution >= 4 is 28.3 Å². The van der Waals surface area contributed by atoms with Gasteiger partial charge in [-0.25, -0.2) is 9.97 Å². The Bertz CT molecular complexity index is 753. The number of hydrogen-bond donors (Lipinski definition) is 0. The number of imidazole rings is 1. The Balaban J connectivity index is 2.42. The van der Waals surface area contributed by atoms with Crippen molar-refractivity contribution in [2.45, 2.75) is 19.8 Å². The van der Waals surface area contributed by atoms with Gasteiger partial charge in [-0.2, -0.15) is 4.98 Å². The summed E-state index contributed by atoms with van der Waals surface area (Å²) in [7, 11) is 1.59. The van der Waals surface area contributed by atoms with Crippen LogP contribution in [-0.2, 0) is 6.42 Å². The third-order valence-corrected chi connectivity index (χ3v) is 3.27. The van der Waals surface area contributed by atoms with Crippen LogP contribution >= 0.6 is 11.6 Å². The molecule has 0 unspecified atom stereocenters. The summed E-state index contributed by atoms with van der Waals surface area (Å²) in [5.41, 5.74) is 2.23. The van der Waals surface area contributed by atoms with E-state index < -0.39 is 0 Å². The van der Waals surface area contributed by atoms with E-state index in [2.05, 4.69) is 21.9 Å². The maximum atomic E-state index is 6.19. The van der Waals surface area contributed by atoms with E-state index >= 15 is 0 Å². The molecule has 19 heavy (non-hydrogen) atoms. The standard InChI is InChI=1S/C13H13ClN4O/c1-3-4-10-15-7-9-12(14)16-8-5-6-11(19-2)17-13(8)18(9)10/h5-7H,3-4H2,1-2H3. The van der Waals surface area contributed by atoms with Crippen molar-refractivity contribution in [3.05, 3.63) is 29.3 Å². The van der Waals surface area contributed by atoms with Crippen LogP contribution in [0, 0.1) is 0 Å². The summed E-state index contributed by atoms with van der Waals surface area (Å²) < 4.78 is 7.13. The average Bonchev–Trinajstić information content (AvgIpc) is 2.84. The molecule has 3 aromatic heterocycles. The van der Waals surface area contributed by atoms with Gasteiger partial charge >= 0.3 is 0 Å². The SMILES string of the molecule is CCCc1ncc2c(Cl)nc3ccc(OC)nc3n12. The van der Waals surface area contributed by atoms with E-state index in [4.69, 9.17) is 16.3 Å². The molecule has 0 aromatic carbocycles. The highest BCUT2D eigenvalue weighted by Crippen LogP contribution is 2.24. The number of halogens is 1. The lowest BCUT2D eigenvalue weighted by atomic mass is 10.3. The van der Waals surface area contributed by atoms with Gasteiger partial charge in [0.1, 0.15) is 16.9 Å². The van der Waals surface area contributed by atoms with Gasteiger partial charge < -0.3 is 4.74 Å². The van der Waals surface area contributed by atoms with Crippen LogP contribution < -0.4 is 4.74 Å². The summed E-state index contributed by atoms with van der Waals surface area (Å²) in [6, 6.07) is 3.62. The molecule has 0 N–H and O–H groups in total. The quantitative estimate of drug-likeness (QED) is 0.738. The second-order valence-corrected chi connectivity index (χ2v) is 4.60. The first-order valence-electron chi connectivity index (χ1n) is 6.11. The molecule has 0 fully saturated rings. The zero-order chi connectivity index (χ0) is 13.4. The molecule has 0 aliphatic rings. The smallest absolute Gasteiger partial charge is 0.215 e. The van der Waals surface area contributed by atoms with Crippen LogP contribution in [0.4, 0.5) is 0 Å². The van der Waals surface area contributed by atoms with E-state index in [-0.39, 0.29) is 0 Å². The van der Waals surface area contributed by atoms with Crippen LogP contribution in [0.5, 0.6) is 5.88 Å². The number of nitrogens with zero attached hydrogens (tertiary/aromatic N) is 4. The van der Waals surface area contributed by atoms with Crippen molar-refractivity contribution in [2.75, 3.05) is 7.11 Å². The Morgan fingerprint density at radius 1 is 1.32 bits per heavy atom. The van der Waals surface area contributed by atoms with Gasteiger partial charge in [-0.05, 0) is 12.5 Å². The molecule has 0 spiro atoms. The predicted molar refractivity (Wildman–Crippen MR) is 73.8 cm³/mol. The number of aromatic nitrogens is 4. The van der Waals surface area contributed by atoms with Gasteiger partial charge in [0.15, 0.2) is 10.8 Å². The molecule has 0 atom stereocenters. The van der Waals surface area contributed by atoms with Crippen molar-refractivity contribution in [3.8, 4) is 5.88 Å². The zero-order valence-corrected chi connectivity index (χ0v) is 11.5. The highest BCUT2D eigenvalue weighted by molar-refractivity contribution is 6.33. The fourth-order valence-electron chi connectivity index (χ4n) is 2.12. The summed E-state index contributed by atoms with van der Waals surface area (Å²) in [5.74, 6) is 1.49. The zero-order valence-electron chi connectivity index (χ0n) is 10.7. The van der Waals surface area contributed by atoms with E-state index in [1.807, 2.05) is 10.5 Å². The summed E-state index contributed by atoms with van der Waals surface area (Å²) in [4.78, 5) is 13.2. The first kappa shape index (κ1) is 12.2. The fourth-order valence-corrected chi connectivity index (χ4v) is 2.35. The van der Waals surface area contributed by atoms with E-state index in [1.54, 1.807) is 19.4 Å². The molecule has 3 rings (SSSR count). The molecular formula is C13H13ClN4O. The lowest BCUT2D eigenvalue weighted by Crippen LogP contribution is -2.01. The molecule has 0 bridgehead atoms. The number of ether oxygens (including phenoxy) is 1. The predicted octanol–water partition coefficient (Wildman–Crippen LogP) is 2.89. The number of hydrogen-bond acceptors (Lipinski definition) is 4. The molecule has 0 saturated heterocycles. The molecule has 0 radical (unpaired) electrons. The minimum atomic E-state index is 0.439. The van der Waals surface area contributed by atoms with Crippen molar-refractivity contribution in [2.24, 2.45) is 0 Å². The van der Waals surface area contributed by atoms with Gasteiger partial charge in [0.05, 0.1) is 13.3 Å². The van der Waals surface area contributed by atoms with Gasteiger partial charge in [-0.1, -0.05) is 18.5 Å². The molecule has 3 aromatic rings. The summed E-state index contributed by atoms with van der Waals surface area (Å²) in [6.45, 7) is 2.11. The van der Waals surface area contributed by atoms with Crippen molar-refractivity contribution < 1.29 is 4.74 Å². The molecule has 5 nitrogen and oxygen atoms in total. The third kappa shape index (κ3) is 1.90. The summed E-state index contributed by atoms with van der Waals surface area (Å²) in [5, 5.41) is 0.439. The Morgan fingerprint density at radius 3 is 2.89 bits per heavy atom. The van der Waals surface area contributed by atoms with Gasteiger partial charge in [0.25, 0.3) is 0 Å². The average molecular weight is 277 g/mol. The Morgan fingerprint density at radius 2 is 2.16 bits per heavy atom. The topological polar surface area (TPSA) is 52.3 Å². The lowest BCUT2D eigenvalue weighted by molar-refractivity contribution is 0.399. The second kappa shape index (κ2) is 4.66. The molecule has 0 saturated carbocycles. The highest BCUT2D eigenvalue weighted by atomic mass is 35.5. The molecule has 0 aliphatic heterocycles. The first-order chi connectivity index (χ1) is 9.24. The van der Waals surface area contributed by atoms with Crippen LogP contribution in [0.3, 0.4) is 0 Å². The van der Waals surface area contributed by atoms with Crippen LogP contribution in [0.2, 0.25) is 5.15 Å². The van der Waals surface area contributed by atoms with Gasteiger partial charge in [0, 0.05) is 12.5 Å². The largest absolute Gasteiger partial charge is 0.481 e. The first-order valence-corrected chi connectivity index (χ1v) is 6.49. The number of methoxy groups -OCH3 is 1. The van der Waals surface area contributed by atoms with Crippen molar-refractivity contribution in [1.82, 2.24) is 19.4 Å². The Labute approximate surface area is 115 Å². The minimum Gasteiger partial charge on any atom is -0.481 e. The second-order valence-electron chi connectivity index (χ2n) is 4.24. The van der Waals surface area contributed by atoms with E-state index in [0.717, 1.165) is 35.3 Å². The van der Waals surface area contributed by atoms with E-state index in [0.29, 0.717) is 11.0 Å². The summed E-state index contributed by atoms with van der Waals surface area (Å²) >= 11 is 6.19. The van der Waals surface area contributed by atoms with Gasteiger partial charge in [-0.3, -0.25) is 4.40 Å². The molecular weight excluding hydrogens is 264 g/mol. The summed E-state index contributed by atoms with van der Waals surface area (Å²) in [6.07, 6.45) is 3.61. The van der Waals surface area contributed by atoms with Crippen LogP contribution in [-0.4, -0.2) is 26.5 Å². The van der Waals surface area contributed by atoms with Crippen LogP contribution in [0.25, 0.3) is 16.7 Å². The molecule has 98 valence electrons. The number of pyridine rings is 1. The van der Waals surface area contributed by atoms with Crippen LogP contribution in [0.1, 0.15) is 19.2 Å². The van der Waals surface area contributed by atoms with Crippen molar-refractivity contribution in [1.29, 1.82) is 0 Å². The fraction of sp³-hybridized carbons (Fsp3) is 0.308. The minimum absolute atomic E-state index is 0.439. The van der Waals surface area contributed by atoms with Crippen molar-refractivity contribution in [3.63, 3.8) is 0 Å². The lowest BCUT2D eigenvalue weighted by Gasteiger charge is -2.07. The number of rotatable bonds is 3. The third-order valence-electron chi connectivity index (χ3n) is 2.99. The Hall–Kier alpha value is -1.88. The highest BCUT2D eigenvalue weighted by Gasteiger charge is 2.13. The maximum Gasteiger partial charge on any atom is 0.215 e. The van der Waals surface area contributed by atoms with E-state index in [9.17, 15) is 0 Å². The normalized spacial score (nSPS) is 11.3. The van der Waals surface area contributed by atoms with Gasteiger partial charge in [0.2, 0.25) is 5.88 Å². The monoisotopic (exact) mass is 276 g/mol. The molecule has 0 aliphatic carbocycles.